The second kappa shape index (κ2) is 6.57. The van der Waals surface area contributed by atoms with Crippen molar-refractivity contribution in [3.63, 3.8) is 0 Å². The minimum atomic E-state index is -0.601. The molecule has 22 heavy (non-hydrogen) atoms. The summed E-state index contributed by atoms with van der Waals surface area (Å²) in [5, 5.41) is 22.9. The van der Waals surface area contributed by atoms with Gasteiger partial charge in [-0.25, -0.2) is 0 Å². The SMILES string of the molecule is CCOc1ccc(C(=O)Nc2cccc(O)c2)cc1[N+](=O)[O-]. The van der Waals surface area contributed by atoms with Crippen molar-refractivity contribution < 1.29 is 19.6 Å². The lowest BCUT2D eigenvalue weighted by Crippen LogP contribution is -2.12. The van der Waals surface area contributed by atoms with Crippen LogP contribution in [0.4, 0.5) is 11.4 Å². The third-order valence-electron chi connectivity index (χ3n) is 2.82. The predicted molar refractivity (Wildman–Crippen MR) is 80.3 cm³/mol. The average molecular weight is 302 g/mol. The number of amides is 1. The van der Waals surface area contributed by atoms with E-state index in [-0.39, 0.29) is 29.4 Å². The maximum atomic E-state index is 12.1. The molecular weight excluding hydrogens is 288 g/mol. The number of phenolic OH excluding ortho intramolecular Hbond substituents is 1. The van der Waals surface area contributed by atoms with Gasteiger partial charge in [0.1, 0.15) is 5.75 Å². The van der Waals surface area contributed by atoms with Crippen LogP contribution in [0.3, 0.4) is 0 Å². The molecule has 0 heterocycles. The van der Waals surface area contributed by atoms with Gasteiger partial charge in [-0.3, -0.25) is 14.9 Å². The van der Waals surface area contributed by atoms with Crippen LogP contribution in [0, 0.1) is 10.1 Å². The normalized spacial score (nSPS) is 10.0. The Morgan fingerprint density at radius 1 is 1.32 bits per heavy atom. The van der Waals surface area contributed by atoms with Gasteiger partial charge in [0.2, 0.25) is 0 Å². The number of nitro groups is 1. The number of ether oxygens (including phenoxy) is 1. The van der Waals surface area contributed by atoms with Crippen LogP contribution in [0.2, 0.25) is 0 Å². The Labute approximate surface area is 126 Å². The molecule has 0 spiro atoms. The fraction of sp³-hybridized carbons (Fsp3) is 0.133. The number of carbonyl (C=O) groups is 1. The van der Waals surface area contributed by atoms with Crippen molar-refractivity contribution in [1.29, 1.82) is 0 Å². The van der Waals surface area contributed by atoms with E-state index in [1.165, 1.54) is 24.3 Å². The standard InChI is InChI=1S/C15H14N2O5/c1-2-22-14-7-6-10(8-13(14)17(20)21)15(19)16-11-4-3-5-12(18)9-11/h3-9,18H,2H2,1H3,(H,16,19). The summed E-state index contributed by atoms with van der Waals surface area (Å²) >= 11 is 0. The van der Waals surface area contributed by atoms with Crippen molar-refractivity contribution in [2.24, 2.45) is 0 Å². The van der Waals surface area contributed by atoms with Crippen molar-refractivity contribution in [2.45, 2.75) is 6.92 Å². The summed E-state index contributed by atoms with van der Waals surface area (Å²) in [6.07, 6.45) is 0. The Hall–Kier alpha value is -3.09. The van der Waals surface area contributed by atoms with Crippen molar-refractivity contribution in [3.05, 3.63) is 58.1 Å². The Morgan fingerprint density at radius 3 is 2.73 bits per heavy atom. The van der Waals surface area contributed by atoms with E-state index in [4.69, 9.17) is 4.74 Å². The van der Waals surface area contributed by atoms with E-state index < -0.39 is 10.8 Å². The lowest BCUT2D eigenvalue weighted by atomic mass is 10.1. The molecule has 0 bridgehead atoms. The highest BCUT2D eigenvalue weighted by Gasteiger charge is 2.18. The number of benzene rings is 2. The number of nitro benzene ring substituents is 1. The summed E-state index contributed by atoms with van der Waals surface area (Å²) in [4.78, 5) is 22.5. The second-order valence-electron chi connectivity index (χ2n) is 4.38. The topological polar surface area (TPSA) is 102 Å². The van der Waals surface area contributed by atoms with Gasteiger partial charge in [-0.05, 0) is 31.2 Å². The minimum absolute atomic E-state index is 0.00970. The smallest absolute Gasteiger partial charge is 0.311 e. The summed E-state index contributed by atoms with van der Waals surface area (Å²) in [6.45, 7) is 2.00. The van der Waals surface area contributed by atoms with Gasteiger partial charge in [-0.15, -0.1) is 0 Å². The van der Waals surface area contributed by atoms with E-state index in [0.717, 1.165) is 6.07 Å². The maximum absolute atomic E-state index is 12.1. The van der Waals surface area contributed by atoms with Crippen molar-refractivity contribution in [1.82, 2.24) is 0 Å². The molecule has 0 saturated carbocycles. The number of hydrogen-bond acceptors (Lipinski definition) is 5. The van der Waals surface area contributed by atoms with Crippen LogP contribution in [0.5, 0.6) is 11.5 Å². The highest BCUT2D eigenvalue weighted by Crippen LogP contribution is 2.28. The molecule has 0 aliphatic carbocycles. The van der Waals surface area contributed by atoms with Gasteiger partial charge in [-0.1, -0.05) is 6.07 Å². The Morgan fingerprint density at radius 2 is 2.09 bits per heavy atom. The van der Waals surface area contributed by atoms with Crippen molar-refractivity contribution >= 4 is 17.3 Å². The lowest BCUT2D eigenvalue weighted by molar-refractivity contribution is -0.385. The third-order valence-corrected chi connectivity index (χ3v) is 2.82. The number of rotatable bonds is 5. The molecule has 0 unspecified atom stereocenters. The number of aromatic hydroxyl groups is 1. The van der Waals surface area contributed by atoms with Gasteiger partial charge in [0.25, 0.3) is 5.91 Å². The Bertz CT molecular complexity index is 715. The van der Waals surface area contributed by atoms with Gasteiger partial charge < -0.3 is 15.2 Å². The molecule has 1 amide bonds. The molecule has 2 rings (SSSR count). The van der Waals surface area contributed by atoms with Crippen molar-refractivity contribution in [2.75, 3.05) is 11.9 Å². The quantitative estimate of drug-likeness (QED) is 0.653. The van der Waals surface area contributed by atoms with Crippen LogP contribution in [-0.4, -0.2) is 22.5 Å². The summed E-state index contributed by atoms with van der Waals surface area (Å²) in [7, 11) is 0. The molecule has 0 radical (unpaired) electrons. The molecule has 0 aliphatic rings. The number of phenols is 1. The van der Waals surface area contributed by atoms with Crippen molar-refractivity contribution in [3.8, 4) is 11.5 Å². The largest absolute Gasteiger partial charge is 0.508 e. The molecule has 0 fully saturated rings. The first-order valence-corrected chi connectivity index (χ1v) is 6.53. The first-order chi connectivity index (χ1) is 10.5. The summed E-state index contributed by atoms with van der Waals surface area (Å²) in [5.41, 5.74) is 0.241. The zero-order chi connectivity index (χ0) is 16.1. The molecule has 7 nitrogen and oxygen atoms in total. The number of nitrogens with one attached hydrogen (secondary N) is 1. The highest BCUT2D eigenvalue weighted by molar-refractivity contribution is 6.04. The second-order valence-corrected chi connectivity index (χ2v) is 4.38. The summed E-state index contributed by atoms with van der Waals surface area (Å²) in [5.74, 6) is -0.395. The summed E-state index contributed by atoms with van der Waals surface area (Å²) < 4.78 is 5.16. The van der Waals surface area contributed by atoms with Crippen LogP contribution in [-0.2, 0) is 0 Å². The van der Waals surface area contributed by atoms with E-state index in [9.17, 15) is 20.0 Å². The van der Waals surface area contributed by atoms with Crippen LogP contribution in [0.15, 0.2) is 42.5 Å². The molecule has 114 valence electrons. The number of carbonyl (C=O) groups excluding carboxylic acids is 1. The highest BCUT2D eigenvalue weighted by atomic mass is 16.6. The van der Waals surface area contributed by atoms with E-state index in [0.29, 0.717) is 5.69 Å². The van der Waals surface area contributed by atoms with Gasteiger partial charge in [0.15, 0.2) is 5.75 Å². The van der Waals surface area contributed by atoms with E-state index in [1.54, 1.807) is 19.1 Å². The molecule has 0 aliphatic heterocycles. The molecule has 2 N–H and O–H groups in total. The molecule has 0 atom stereocenters. The van der Waals surface area contributed by atoms with Crippen LogP contribution in [0.1, 0.15) is 17.3 Å². The van der Waals surface area contributed by atoms with Gasteiger partial charge in [0, 0.05) is 23.4 Å². The number of anilines is 1. The van der Waals surface area contributed by atoms with Crippen LogP contribution in [0.25, 0.3) is 0 Å². The van der Waals surface area contributed by atoms with Crippen LogP contribution >= 0.6 is 0 Å². The number of hydrogen-bond donors (Lipinski definition) is 2. The van der Waals surface area contributed by atoms with E-state index in [2.05, 4.69) is 5.32 Å². The first-order valence-electron chi connectivity index (χ1n) is 6.53. The molecule has 0 saturated heterocycles. The fourth-order valence-corrected chi connectivity index (χ4v) is 1.87. The van der Waals surface area contributed by atoms with Gasteiger partial charge in [-0.2, -0.15) is 0 Å². The minimum Gasteiger partial charge on any atom is -0.508 e. The third kappa shape index (κ3) is 3.51. The fourth-order valence-electron chi connectivity index (χ4n) is 1.87. The molecule has 2 aromatic carbocycles. The van der Waals surface area contributed by atoms with Gasteiger partial charge >= 0.3 is 5.69 Å². The monoisotopic (exact) mass is 302 g/mol. The van der Waals surface area contributed by atoms with Gasteiger partial charge in [0.05, 0.1) is 11.5 Å². The lowest BCUT2D eigenvalue weighted by Gasteiger charge is -2.08. The predicted octanol–water partition coefficient (Wildman–Crippen LogP) is 2.95. The zero-order valence-electron chi connectivity index (χ0n) is 11.8. The molecular formula is C15H14N2O5. The van der Waals surface area contributed by atoms with E-state index >= 15 is 0 Å². The molecule has 2 aromatic rings. The summed E-state index contributed by atoms with van der Waals surface area (Å²) in [6, 6.07) is 10.0. The maximum Gasteiger partial charge on any atom is 0.311 e. The first kappa shape index (κ1) is 15.3. The van der Waals surface area contributed by atoms with E-state index in [1.807, 2.05) is 0 Å². The Balaban J connectivity index is 2.26. The molecule has 0 aromatic heterocycles. The Kier molecular flexibility index (Phi) is 4.57. The molecule has 7 heteroatoms. The average Bonchev–Trinajstić information content (AvgIpc) is 2.47. The zero-order valence-corrected chi connectivity index (χ0v) is 11.8. The van der Waals surface area contributed by atoms with Crippen LogP contribution < -0.4 is 10.1 Å². The number of nitrogens with zero attached hydrogens (tertiary/aromatic N) is 1.